The molecule has 0 aliphatic carbocycles. The number of halogens is 1. The third-order valence-corrected chi connectivity index (χ3v) is 6.57. The van der Waals surface area contributed by atoms with E-state index in [-0.39, 0.29) is 23.7 Å². The van der Waals surface area contributed by atoms with Crippen molar-refractivity contribution < 1.29 is 28.7 Å². The lowest BCUT2D eigenvalue weighted by Gasteiger charge is -2.26. The van der Waals surface area contributed by atoms with Crippen LogP contribution in [0.15, 0.2) is 60.2 Å². The van der Waals surface area contributed by atoms with Crippen molar-refractivity contribution in [1.29, 1.82) is 0 Å². The van der Waals surface area contributed by atoms with Gasteiger partial charge in [-0.25, -0.2) is 9.69 Å². The topological polar surface area (TPSA) is 114 Å². The van der Waals surface area contributed by atoms with E-state index >= 15 is 0 Å². The van der Waals surface area contributed by atoms with E-state index in [0.717, 1.165) is 21.6 Å². The minimum Gasteiger partial charge on any atom is -0.493 e. The Bertz CT molecular complexity index is 1530. The van der Waals surface area contributed by atoms with E-state index in [2.05, 4.69) is 10.6 Å². The standard InChI is InChI=1S/C29H26ClN3O6/c1-16-6-9-21(11-18(16)3)33-28(36)22(27(35)32-29(33)37)12-19-7-10-24(25(13-19)38-4)39-15-26(34)31-20-8-5-17(2)23(30)14-20/h5-14H,15H2,1-4H3,(H,31,34)(H,32,35,37)/b22-12-. The number of amides is 5. The minimum absolute atomic E-state index is 0.223. The molecule has 10 heteroatoms. The van der Waals surface area contributed by atoms with Crippen LogP contribution < -0.4 is 25.0 Å². The molecule has 1 aliphatic rings. The van der Waals surface area contributed by atoms with Crippen molar-refractivity contribution in [3.8, 4) is 11.5 Å². The van der Waals surface area contributed by atoms with Crippen LogP contribution in [0.4, 0.5) is 16.2 Å². The first-order valence-corrected chi connectivity index (χ1v) is 12.3. The Morgan fingerprint density at radius 2 is 1.69 bits per heavy atom. The molecule has 9 nitrogen and oxygen atoms in total. The Labute approximate surface area is 230 Å². The molecule has 200 valence electrons. The summed E-state index contributed by atoms with van der Waals surface area (Å²) in [5.74, 6) is -1.40. The number of imide groups is 2. The van der Waals surface area contributed by atoms with Crippen LogP contribution in [-0.2, 0) is 14.4 Å². The molecule has 0 radical (unpaired) electrons. The number of carbonyl (C=O) groups excluding carboxylic acids is 4. The summed E-state index contributed by atoms with van der Waals surface area (Å²) in [5.41, 5.74) is 3.91. The summed E-state index contributed by atoms with van der Waals surface area (Å²) >= 11 is 6.10. The van der Waals surface area contributed by atoms with Crippen LogP contribution in [0.25, 0.3) is 6.08 Å². The molecule has 0 bridgehead atoms. The van der Waals surface area contributed by atoms with E-state index in [4.69, 9.17) is 21.1 Å². The molecule has 1 fully saturated rings. The average Bonchev–Trinajstić information content (AvgIpc) is 2.89. The zero-order chi connectivity index (χ0) is 28.3. The van der Waals surface area contributed by atoms with Gasteiger partial charge >= 0.3 is 6.03 Å². The SMILES string of the molecule is COc1cc(/C=C2/C(=O)NC(=O)N(c3ccc(C)c(C)c3)C2=O)ccc1OCC(=O)Nc1ccc(C)c(Cl)c1. The molecule has 0 unspecified atom stereocenters. The van der Waals surface area contributed by atoms with Crippen LogP contribution in [0.2, 0.25) is 5.02 Å². The van der Waals surface area contributed by atoms with Gasteiger partial charge in [0.15, 0.2) is 18.1 Å². The van der Waals surface area contributed by atoms with E-state index in [1.54, 1.807) is 54.6 Å². The van der Waals surface area contributed by atoms with Crippen LogP contribution in [0.3, 0.4) is 0 Å². The lowest BCUT2D eigenvalue weighted by Crippen LogP contribution is -2.54. The molecular weight excluding hydrogens is 522 g/mol. The van der Waals surface area contributed by atoms with Gasteiger partial charge in [0.25, 0.3) is 17.7 Å². The highest BCUT2D eigenvalue weighted by atomic mass is 35.5. The highest BCUT2D eigenvalue weighted by Gasteiger charge is 2.37. The number of methoxy groups -OCH3 is 1. The van der Waals surface area contributed by atoms with Crippen molar-refractivity contribution in [1.82, 2.24) is 5.32 Å². The van der Waals surface area contributed by atoms with Gasteiger partial charge in [0.2, 0.25) is 0 Å². The maximum absolute atomic E-state index is 13.2. The number of anilines is 2. The van der Waals surface area contributed by atoms with Crippen molar-refractivity contribution in [2.45, 2.75) is 20.8 Å². The summed E-state index contributed by atoms with van der Waals surface area (Å²) in [6.45, 7) is 5.35. The Morgan fingerprint density at radius 1 is 0.949 bits per heavy atom. The van der Waals surface area contributed by atoms with Gasteiger partial charge in [-0.2, -0.15) is 0 Å². The first-order valence-electron chi connectivity index (χ1n) is 11.9. The smallest absolute Gasteiger partial charge is 0.335 e. The van der Waals surface area contributed by atoms with E-state index in [0.29, 0.717) is 22.0 Å². The van der Waals surface area contributed by atoms with Crippen molar-refractivity contribution in [3.63, 3.8) is 0 Å². The second-order valence-corrected chi connectivity index (χ2v) is 9.34. The number of nitrogens with zero attached hydrogens (tertiary/aromatic N) is 1. The van der Waals surface area contributed by atoms with Gasteiger partial charge in [-0.05, 0) is 85.5 Å². The highest BCUT2D eigenvalue weighted by molar-refractivity contribution is 6.39. The monoisotopic (exact) mass is 547 g/mol. The van der Waals surface area contributed by atoms with Crippen molar-refractivity contribution in [3.05, 3.63) is 87.4 Å². The molecule has 5 amide bonds. The third-order valence-electron chi connectivity index (χ3n) is 6.16. The summed E-state index contributed by atoms with van der Waals surface area (Å²) in [5, 5.41) is 5.45. The van der Waals surface area contributed by atoms with Crippen LogP contribution in [0.5, 0.6) is 11.5 Å². The minimum atomic E-state index is -0.821. The fourth-order valence-electron chi connectivity index (χ4n) is 3.83. The maximum atomic E-state index is 13.2. The van der Waals surface area contributed by atoms with Gasteiger partial charge < -0.3 is 14.8 Å². The van der Waals surface area contributed by atoms with Crippen LogP contribution in [0, 0.1) is 20.8 Å². The van der Waals surface area contributed by atoms with Crippen LogP contribution >= 0.6 is 11.6 Å². The maximum Gasteiger partial charge on any atom is 0.335 e. The van der Waals surface area contributed by atoms with Gasteiger partial charge in [-0.15, -0.1) is 0 Å². The summed E-state index contributed by atoms with van der Waals surface area (Å²) in [4.78, 5) is 51.5. The number of ether oxygens (including phenoxy) is 2. The number of rotatable bonds is 7. The first-order chi connectivity index (χ1) is 18.6. The van der Waals surface area contributed by atoms with Crippen LogP contribution in [0.1, 0.15) is 22.3 Å². The predicted molar refractivity (Wildman–Crippen MR) is 148 cm³/mol. The molecule has 0 spiro atoms. The summed E-state index contributed by atoms with van der Waals surface area (Å²) < 4.78 is 11.0. The molecule has 3 aromatic rings. The average molecular weight is 548 g/mol. The first kappa shape index (κ1) is 27.4. The van der Waals surface area contributed by atoms with Crippen LogP contribution in [-0.4, -0.2) is 37.5 Å². The fraction of sp³-hybridized carbons (Fsp3) is 0.172. The van der Waals surface area contributed by atoms with E-state index < -0.39 is 23.8 Å². The fourth-order valence-corrected chi connectivity index (χ4v) is 4.01. The number of hydrogen-bond acceptors (Lipinski definition) is 6. The van der Waals surface area contributed by atoms with E-state index in [1.165, 1.54) is 13.2 Å². The zero-order valence-corrected chi connectivity index (χ0v) is 22.5. The molecule has 4 rings (SSSR count). The number of benzene rings is 3. The molecule has 0 atom stereocenters. The second kappa shape index (κ2) is 11.4. The summed E-state index contributed by atoms with van der Waals surface area (Å²) in [6.07, 6.45) is 1.36. The largest absolute Gasteiger partial charge is 0.493 e. The van der Waals surface area contributed by atoms with Gasteiger partial charge in [0.05, 0.1) is 12.8 Å². The number of aryl methyl sites for hydroxylation is 3. The lowest BCUT2D eigenvalue weighted by molar-refractivity contribution is -0.122. The van der Waals surface area contributed by atoms with Gasteiger partial charge in [0.1, 0.15) is 5.57 Å². The van der Waals surface area contributed by atoms with E-state index in [9.17, 15) is 19.2 Å². The van der Waals surface area contributed by atoms with Crippen molar-refractivity contribution in [2.24, 2.45) is 0 Å². The molecule has 1 heterocycles. The normalized spacial score (nSPS) is 14.3. The Kier molecular flexibility index (Phi) is 8.01. The summed E-state index contributed by atoms with van der Waals surface area (Å²) in [7, 11) is 1.42. The van der Waals surface area contributed by atoms with Crippen molar-refractivity contribution >= 4 is 52.8 Å². The Hall–Kier alpha value is -4.63. The van der Waals surface area contributed by atoms with Gasteiger partial charge in [-0.3, -0.25) is 19.7 Å². The quantitative estimate of drug-likeness (QED) is 0.319. The highest BCUT2D eigenvalue weighted by Crippen LogP contribution is 2.30. The number of urea groups is 1. The molecular formula is C29H26ClN3O6. The Morgan fingerprint density at radius 3 is 2.38 bits per heavy atom. The molecule has 0 aromatic heterocycles. The number of hydrogen-bond donors (Lipinski definition) is 2. The number of carbonyl (C=O) groups is 4. The van der Waals surface area contributed by atoms with Crippen molar-refractivity contribution in [2.75, 3.05) is 23.9 Å². The zero-order valence-electron chi connectivity index (χ0n) is 21.8. The number of barbiturate groups is 1. The Balaban J connectivity index is 1.51. The lowest BCUT2D eigenvalue weighted by atomic mass is 10.0. The molecule has 3 aromatic carbocycles. The molecule has 0 saturated carbocycles. The molecule has 1 aliphatic heterocycles. The number of nitrogens with one attached hydrogen (secondary N) is 2. The molecule has 2 N–H and O–H groups in total. The predicted octanol–water partition coefficient (Wildman–Crippen LogP) is 4.96. The summed E-state index contributed by atoms with van der Waals surface area (Å²) in [6, 6.07) is 14.2. The molecule has 1 saturated heterocycles. The third kappa shape index (κ3) is 6.10. The molecule has 39 heavy (non-hydrogen) atoms. The van der Waals surface area contributed by atoms with Gasteiger partial charge in [-0.1, -0.05) is 29.8 Å². The second-order valence-electron chi connectivity index (χ2n) is 8.94. The van der Waals surface area contributed by atoms with E-state index in [1.807, 2.05) is 20.8 Å². The van der Waals surface area contributed by atoms with Gasteiger partial charge in [0, 0.05) is 10.7 Å².